The maximum atomic E-state index is 13.1. The highest BCUT2D eigenvalue weighted by atomic mass is 35.5. The summed E-state index contributed by atoms with van der Waals surface area (Å²) in [4.78, 5) is 10.7. The number of nitrogens with zero attached hydrogens (tertiary/aromatic N) is 1. The summed E-state index contributed by atoms with van der Waals surface area (Å²) < 4.78 is 32.3. The molecule has 0 saturated carbocycles. The third-order valence-electron chi connectivity index (χ3n) is 3.16. The van der Waals surface area contributed by atoms with Gasteiger partial charge < -0.3 is 9.42 Å². The summed E-state index contributed by atoms with van der Waals surface area (Å²) >= 11 is 11.1. The standard InChI is InChI=1S/C15H17ClNO4PS2/c1-3-21-22(18,23)17(15-10-9-13(16)11-12(15)2)24(19,20)14-7-5-4-6-8-14/h4-11H,3H2,1-2H3,(H,18,23). The molecule has 0 amide bonds. The van der Waals surface area contributed by atoms with Crippen LogP contribution in [0, 0.1) is 6.92 Å². The van der Waals surface area contributed by atoms with Crippen molar-refractivity contribution < 1.29 is 17.8 Å². The van der Waals surface area contributed by atoms with Crippen LogP contribution in [0.2, 0.25) is 5.02 Å². The molecule has 2 aromatic carbocycles. The first-order chi connectivity index (χ1) is 11.2. The second kappa shape index (κ2) is 7.52. The van der Waals surface area contributed by atoms with Crippen LogP contribution >= 0.6 is 18.2 Å². The van der Waals surface area contributed by atoms with Crippen molar-refractivity contribution in [2.75, 3.05) is 10.7 Å². The molecule has 1 atom stereocenters. The van der Waals surface area contributed by atoms with Crippen LogP contribution in [-0.4, -0.2) is 19.9 Å². The number of halogens is 1. The number of hydrogen-bond donors (Lipinski definition) is 1. The van der Waals surface area contributed by atoms with Crippen LogP contribution in [0.1, 0.15) is 12.5 Å². The summed E-state index contributed by atoms with van der Waals surface area (Å²) in [5, 5.41) is 0.455. The highest BCUT2D eigenvalue weighted by molar-refractivity contribution is 8.17. The molecule has 9 heteroatoms. The molecule has 2 rings (SSSR count). The van der Waals surface area contributed by atoms with Gasteiger partial charge in [-0.3, -0.25) is 0 Å². The van der Waals surface area contributed by atoms with Gasteiger partial charge in [-0.2, -0.15) is 4.08 Å². The van der Waals surface area contributed by atoms with E-state index in [-0.39, 0.29) is 17.2 Å². The lowest BCUT2D eigenvalue weighted by Gasteiger charge is -2.31. The molecule has 1 N–H and O–H groups in total. The number of hydrogen-bond acceptors (Lipinski definition) is 4. The van der Waals surface area contributed by atoms with E-state index in [1.807, 2.05) is 0 Å². The van der Waals surface area contributed by atoms with Crippen molar-refractivity contribution >= 4 is 45.8 Å². The smallest absolute Gasteiger partial charge is 0.301 e. The molecule has 0 aromatic heterocycles. The van der Waals surface area contributed by atoms with Gasteiger partial charge in [0.25, 0.3) is 10.0 Å². The maximum Gasteiger partial charge on any atom is 0.301 e. The largest absolute Gasteiger partial charge is 0.329 e. The Morgan fingerprint density at radius 1 is 1.25 bits per heavy atom. The fraction of sp³-hybridized carbons (Fsp3) is 0.200. The molecule has 0 aliphatic rings. The average Bonchev–Trinajstić information content (AvgIpc) is 2.50. The number of sulfonamides is 1. The lowest BCUT2D eigenvalue weighted by molar-refractivity contribution is 0.328. The minimum absolute atomic E-state index is 0.0160. The Morgan fingerprint density at radius 2 is 1.88 bits per heavy atom. The Kier molecular flexibility index (Phi) is 6.07. The molecule has 0 aliphatic heterocycles. The van der Waals surface area contributed by atoms with E-state index in [0.29, 0.717) is 10.6 Å². The normalized spacial score (nSPS) is 14.2. The topological polar surface area (TPSA) is 66.8 Å². The summed E-state index contributed by atoms with van der Waals surface area (Å²) in [6.07, 6.45) is 0. The van der Waals surface area contributed by atoms with E-state index in [9.17, 15) is 13.3 Å². The van der Waals surface area contributed by atoms with Gasteiger partial charge in [0.2, 0.25) is 0 Å². The Hall–Kier alpha value is -0.950. The van der Waals surface area contributed by atoms with Crippen LogP contribution in [0.5, 0.6) is 0 Å². The first-order valence-electron chi connectivity index (χ1n) is 7.04. The molecule has 0 radical (unpaired) electrons. The van der Waals surface area contributed by atoms with E-state index >= 15 is 0 Å². The van der Waals surface area contributed by atoms with Gasteiger partial charge in [0.1, 0.15) is 0 Å². The summed E-state index contributed by atoms with van der Waals surface area (Å²) in [6, 6.07) is 12.4. The van der Waals surface area contributed by atoms with Crippen LogP contribution < -0.4 is 4.08 Å². The van der Waals surface area contributed by atoms with Crippen LogP contribution in [0.4, 0.5) is 5.69 Å². The molecule has 2 aromatic rings. The van der Waals surface area contributed by atoms with Gasteiger partial charge in [-0.1, -0.05) is 29.8 Å². The van der Waals surface area contributed by atoms with Gasteiger partial charge in [0.15, 0.2) is 0 Å². The molecule has 1 unspecified atom stereocenters. The summed E-state index contributed by atoms with van der Waals surface area (Å²) in [5.41, 5.74) is 0.799. The SMILES string of the molecule is CCOP(O)(=S)N(c1ccc(Cl)cc1C)S(=O)(=O)c1ccccc1. The predicted molar refractivity (Wildman–Crippen MR) is 100 cm³/mol. The molecule has 5 nitrogen and oxygen atoms in total. The molecule has 0 heterocycles. The molecule has 0 spiro atoms. The zero-order valence-electron chi connectivity index (χ0n) is 13.1. The third kappa shape index (κ3) is 3.99. The summed E-state index contributed by atoms with van der Waals surface area (Å²) in [5.74, 6) is 0. The van der Waals surface area contributed by atoms with Gasteiger partial charge in [-0.15, -0.1) is 0 Å². The fourth-order valence-corrected chi connectivity index (χ4v) is 7.36. The quantitative estimate of drug-likeness (QED) is 0.733. The highest BCUT2D eigenvalue weighted by Crippen LogP contribution is 2.53. The minimum atomic E-state index is -4.11. The average molecular weight is 406 g/mol. The van der Waals surface area contributed by atoms with Crippen LogP contribution in [0.3, 0.4) is 0 Å². The second-order valence-electron chi connectivity index (χ2n) is 4.90. The molecule has 0 saturated heterocycles. The van der Waals surface area contributed by atoms with E-state index < -0.39 is 16.7 Å². The van der Waals surface area contributed by atoms with Crippen LogP contribution in [-0.2, 0) is 26.4 Å². The Bertz CT molecular complexity index is 874. The number of aryl methyl sites for hydroxylation is 1. The first kappa shape index (κ1) is 19.4. The maximum absolute atomic E-state index is 13.1. The molecular weight excluding hydrogens is 389 g/mol. The highest BCUT2D eigenvalue weighted by Gasteiger charge is 2.37. The zero-order chi connectivity index (χ0) is 18.0. The molecule has 0 bridgehead atoms. The zero-order valence-corrected chi connectivity index (χ0v) is 16.4. The molecule has 0 aliphatic carbocycles. The Labute approximate surface area is 152 Å². The van der Waals surface area contributed by atoms with Crippen molar-refractivity contribution in [1.82, 2.24) is 0 Å². The molecule has 0 fully saturated rings. The second-order valence-corrected chi connectivity index (χ2v) is 10.5. The van der Waals surface area contributed by atoms with Gasteiger partial charge in [-0.05, 0) is 61.5 Å². The van der Waals surface area contributed by atoms with Crippen LogP contribution in [0.15, 0.2) is 53.4 Å². The lowest BCUT2D eigenvalue weighted by Crippen LogP contribution is -2.29. The monoisotopic (exact) mass is 405 g/mol. The Morgan fingerprint density at radius 3 is 2.42 bits per heavy atom. The van der Waals surface area contributed by atoms with Crippen molar-refractivity contribution in [3.63, 3.8) is 0 Å². The van der Waals surface area contributed by atoms with Crippen molar-refractivity contribution in [3.8, 4) is 0 Å². The summed E-state index contributed by atoms with van der Waals surface area (Å²) in [7, 11) is -4.11. The third-order valence-corrected chi connectivity index (χ3v) is 8.61. The van der Waals surface area contributed by atoms with Gasteiger partial charge in [-0.25, -0.2) is 8.42 Å². The van der Waals surface area contributed by atoms with E-state index in [2.05, 4.69) is 0 Å². The Balaban J connectivity index is 2.71. The van der Waals surface area contributed by atoms with E-state index in [1.54, 1.807) is 44.2 Å². The van der Waals surface area contributed by atoms with Crippen molar-refractivity contribution in [3.05, 3.63) is 59.1 Å². The van der Waals surface area contributed by atoms with Gasteiger partial charge in [0, 0.05) is 5.02 Å². The van der Waals surface area contributed by atoms with E-state index in [4.69, 9.17) is 27.9 Å². The molecular formula is C15H17ClNO4PS2. The number of anilines is 1. The van der Waals surface area contributed by atoms with Gasteiger partial charge in [0.05, 0.1) is 17.2 Å². The fourth-order valence-electron chi connectivity index (χ4n) is 2.15. The summed E-state index contributed by atoms with van der Waals surface area (Å²) in [6.45, 7) is -0.405. The molecule has 130 valence electrons. The van der Waals surface area contributed by atoms with Gasteiger partial charge >= 0.3 is 6.64 Å². The van der Waals surface area contributed by atoms with E-state index in [0.717, 1.165) is 4.08 Å². The first-order valence-corrected chi connectivity index (χ1v) is 11.5. The lowest BCUT2D eigenvalue weighted by atomic mass is 10.2. The van der Waals surface area contributed by atoms with Crippen LogP contribution in [0.25, 0.3) is 0 Å². The predicted octanol–water partition coefficient (Wildman–Crippen LogP) is 4.10. The minimum Gasteiger partial charge on any atom is -0.329 e. The number of rotatable bonds is 6. The van der Waals surface area contributed by atoms with Crippen molar-refractivity contribution in [2.24, 2.45) is 0 Å². The number of benzene rings is 2. The molecule has 24 heavy (non-hydrogen) atoms. The van der Waals surface area contributed by atoms with E-state index in [1.165, 1.54) is 18.2 Å². The van der Waals surface area contributed by atoms with Crippen molar-refractivity contribution in [2.45, 2.75) is 18.7 Å². The van der Waals surface area contributed by atoms with Crippen molar-refractivity contribution in [1.29, 1.82) is 0 Å².